The first-order valence-electron chi connectivity index (χ1n) is 6.69. The monoisotopic (exact) mass is 231 g/mol. The van der Waals surface area contributed by atoms with E-state index < -0.39 is 0 Å². The zero-order valence-electron chi connectivity index (χ0n) is 10.7. The molecule has 2 nitrogen and oxygen atoms in total. The summed E-state index contributed by atoms with van der Waals surface area (Å²) < 4.78 is 0. The van der Waals surface area contributed by atoms with Crippen molar-refractivity contribution in [2.75, 3.05) is 13.6 Å². The average molecular weight is 231 g/mol. The molecular weight excluding hydrogens is 210 g/mol. The van der Waals surface area contributed by atoms with Crippen LogP contribution in [0, 0.1) is 6.92 Å². The van der Waals surface area contributed by atoms with E-state index in [9.17, 15) is 5.11 Å². The van der Waals surface area contributed by atoms with Crippen LogP contribution in [0.2, 0.25) is 0 Å². The van der Waals surface area contributed by atoms with E-state index in [4.69, 9.17) is 0 Å². The molecule has 2 atom stereocenters. The Balaban J connectivity index is 2.09. The lowest BCUT2D eigenvalue weighted by Crippen LogP contribution is -2.32. The van der Waals surface area contributed by atoms with Crippen molar-refractivity contribution < 1.29 is 5.11 Å². The molecule has 1 fully saturated rings. The lowest BCUT2D eigenvalue weighted by molar-refractivity contribution is 0.239. The smallest absolute Gasteiger partial charge is 0.118 e. The normalized spacial score (nSPS) is 28.6. The number of phenols is 1. The molecule has 1 heterocycles. The summed E-state index contributed by atoms with van der Waals surface area (Å²) in [4.78, 5) is 2.52. The highest BCUT2D eigenvalue weighted by atomic mass is 16.3. The van der Waals surface area contributed by atoms with Gasteiger partial charge in [0.05, 0.1) is 0 Å². The Bertz CT molecular complexity index is 441. The van der Waals surface area contributed by atoms with Gasteiger partial charge in [-0.05, 0) is 61.9 Å². The number of rotatable bonds is 0. The Morgan fingerprint density at radius 2 is 2.12 bits per heavy atom. The number of nitrogens with zero attached hydrogens (tertiary/aromatic N) is 1. The van der Waals surface area contributed by atoms with Gasteiger partial charge >= 0.3 is 0 Å². The molecule has 1 aromatic carbocycles. The van der Waals surface area contributed by atoms with Crippen LogP contribution in [0.4, 0.5) is 0 Å². The van der Waals surface area contributed by atoms with Crippen LogP contribution in [0.25, 0.3) is 0 Å². The van der Waals surface area contributed by atoms with Gasteiger partial charge < -0.3 is 10.0 Å². The number of likely N-dealkylation sites (N-methyl/N-ethyl adjacent to an activating group) is 1. The summed E-state index contributed by atoms with van der Waals surface area (Å²) in [7, 11) is 2.25. The number of fused-ring (bicyclic) bond motifs is 3. The van der Waals surface area contributed by atoms with Gasteiger partial charge in [0.1, 0.15) is 5.75 Å². The lowest BCUT2D eigenvalue weighted by atomic mass is 9.89. The van der Waals surface area contributed by atoms with Crippen molar-refractivity contribution in [1.82, 2.24) is 4.90 Å². The van der Waals surface area contributed by atoms with E-state index in [1.54, 1.807) is 0 Å². The molecule has 0 saturated heterocycles. The van der Waals surface area contributed by atoms with Crippen molar-refractivity contribution in [2.45, 2.75) is 44.6 Å². The average Bonchev–Trinajstić information content (AvgIpc) is 2.74. The minimum Gasteiger partial charge on any atom is -0.508 e. The molecule has 2 unspecified atom stereocenters. The molecule has 0 aromatic heterocycles. The van der Waals surface area contributed by atoms with Crippen molar-refractivity contribution in [1.29, 1.82) is 0 Å². The second kappa shape index (κ2) is 4.02. The lowest BCUT2D eigenvalue weighted by Gasteiger charge is -2.27. The summed E-state index contributed by atoms with van der Waals surface area (Å²) in [6.45, 7) is 3.15. The fourth-order valence-electron chi connectivity index (χ4n) is 3.63. The molecule has 1 N–H and O–H groups in total. The first-order valence-corrected chi connectivity index (χ1v) is 6.69. The highest BCUT2D eigenvalue weighted by Crippen LogP contribution is 2.42. The van der Waals surface area contributed by atoms with Gasteiger partial charge in [-0.3, -0.25) is 0 Å². The molecule has 1 saturated carbocycles. The molecule has 0 spiro atoms. The van der Waals surface area contributed by atoms with E-state index in [1.165, 1.54) is 30.4 Å². The van der Waals surface area contributed by atoms with Gasteiger partial charge in [-0.25, -0.2) is 0 Å². The summed E-state index contributed by atoms with van der Waals surface area (Å²) in [6.07, 6.45) is 5.05. The third kappa shape index (κ3) is 1.75. The number of benzene rings is 1. The zero-order chi connectivity index (χ0) is 12.0. The first kappa shape index (κ1) is 11.1. The van der Waals surface area contributed by atoms with Crippen molar-refractivity contribution in [3.05, 3.63) is 28.8 Å². The molecule has 1 aliphatic heterocycles. The van der Waals surface area contributed by atoms with Crippen molar-refractivity contribution in [3.63, 3.8) is 0 Å². The number of hydrogen-bond acceptors (Lipinski definition) is 2. The van der Waals surface area contributed by atoms with Crippen molar-refractivity contribution >= 4 is 0 Å². The van der Waals surface area contributed by atoms with Crippen LogP contribution in [-0.4, -0.2) is 29.6 Å². The summed E-state index contributed by atoms with van der Waals surface area (Å²) >= 11 is 0. The number of phenolic OH excluding ortho intramolecular Hbond substituents is 1. The molecule has 0 amide bonds. The van der Waals surface area contributed by atoms with E-state index in [0.29, 0.717) is 17.7 Å². The van der Waals surface area contributed by atoms with Crippen LogP contribution in [0.15, 0.2) is 12.1 Å². The van der Waals surface area contributed by atoms with E-state index >= 15 is 0 Å². The van der Waals surface area contributed by atoms with E-state index in [1.807, 2.05) is 13.0 Å². The van der Waals surface area contributed by atoms with Gasteiger partial charge in [-0.2, -0.15) is 0 Å². The van der Waals surface area contributed by atoms with Crippen LogP contribution < -0.4 is 0 Å². The second-order valence-electron chi connectivity index (χ2n) is 5.67. The van der Waals surface area contributed by atoms with Gasteiger partial charge in [-0.1, -0.05) is 12.5 Å². The zero-order valence-corrected chi connectivity index (χ0v) is 10.7. The topological polar surface area (TPSA) is 23.5 Å². The predicted octanol–water partition coefficient (Wildman–Crippen LogP) is 2.82. The number of aromatic hydroxyl groups is 1. The standard InChI is InChI=1S/C15H21NO/c1-10-8-11-6-7-16(2)14-5-3-4-12(14)13(11)9-15(10)17/h8-9,12,14,17H,3-7H2,1-2H3. The van der Waals surface area contributed by atoms with E-state index in [2.05, 4.69) is 18.0 Å². The molecule has 1 aromatic rings. The van der Waals surface area contributed by atoms with Gasteiger partial charge in [0.15, 0.2) is 0 Å². The van der Waals surface area contributed by atoms with Crippen LogP contribution in [0.3, 0.4) is 0 Å². The fourth-order valence-corrected chi connectivity index (χ4v) is 3.63. The quantitative estimate of drug-likeness (QED) is 0.742. The number of hydrogen-bond donors (Lipinski definition) is 1. The second-order valence-corrected chi connectivity index (χ2v) is 5.67. The third-order valence-corrected chi connectivity index (χ3v) is 4.64. The maximum Gasteiger partial charge on any atom is 0.118 e. The van der Waals surface area contributed by atoms with Gasteiger partial charge in [-0.15, -0.1) is 0 Å². The predicted molar refractivity (Wildman–Crippen MR) is 69.6 cm³/mol. The number of aryl methyl sites for hydroxylation is 1. The highest BCUT2D eigenvalue weighted by molar-refractivity contribution is 5.44. The van der Waals surface area contributed by atoms with Crippen LogP contribution >= 0.6 is 0 Å². The summed E-state index contributed by atoms with van der Waals surface area (Å²) in [6, 6.07) is 4.92. The molecule has 92 valence electrons. The SMILES string of the molecule is Cc1cc2c(cc1O)C1CCCC1N(C)CC2. The van der Waals surface area contributed by atoms with Gasteiger partial charge in [0.2, 0.25) is 0 Å². The molecule has 3 rings (SSSR count). The summed E-state index contributed by atoms with van der Waals surface area (Å²) in [5, 5.41) is 9.94. The van der Waals surface area contributed by atoms with Crippen LogP contribution in [0.1, 0.15) is 41.9 Å². The van der Waals surface area contributed by atoms with Crippen molar-refractivity contribution in [3.8, 4) is 5.75 Å². The summed E-state index contributed by atoms with van der Waals surface area (Å²) in [5.74, 6) is 1.11. The Kier molecular flexibility index (Phi) is 2.62. The Morgan fingerprint density at radius 1 is 1.29 bits per heavy atom. The highest BCUT2D eigenvalue weighted by Gasteiger charge is 2.35. The fraction of sp³-hybridized carbons (Fsp3) is 0.600. The largest absolute Gasteiger partial charge is 0.508 e. The van der Waals surface area contributed by atoms with Gasteiger partial charge in [0, 0.05) is 12.6 Å². The minimum absolute atomic E-state index is 0.471. The van der Waals surface area contributed by atoms with E-state index in [-0.39, 0.29) is 0 Å². The van der Waals surface area contributed by atoms with Crippen LogP contribution in [-0.2, 0) is 6.42 Å². The molecule has 0 bridgehead atoms. The van der Waals surface area contributed by atoms with Crippen LogP contribution in [0.5, 0.6) is 5.75 Å². The Morgan fingerprint density at radius 3 is 2.94 bits per heavy atom. The molecule has 0 radical (unpaired) electrons. The van der Waals surface area contributed by atoms with Crippen molar-refractivity contribution in [2.24, 2.45) is 0 Å². The molecule has 17 heavy (non-hydrogen) atoms. The van der Waals surface area contributed by atoms with Gasteiger partial charge in [0.25, 0.3) is 0 Å². The maximum absolute atomic E-state index is 9.94. The maximum atomic E-state index is 9.94. The Labute approximate surface area is 103 Å². The van der Waals surface area contributed by atoms with E-state index in [0.717, 1.165) is 18.5 Å². The summed E-state index contributed by atoms with van der Waals surface area (Å²) in [5.41, 5.74) is 3.89. The molecule has 1 aliphatic carbocycles. The Hall–Kier alpha value is -1.02. The molecule has 2 aliphatic rings. The third-order valence-electron chi connectivity index (χ3n) is 4.64. The molecule has 2 heteroatoms. The molecular formula is C15H21NO. The minimum atomic E-state index is 0.471. The first-order chi connectivity index (χ1) is 8.16.